The first-order chi connectivity index (χ1) is 15.3. The third-order valence-electron chi connectivity index (χ3n) is 6.36. The summed E-state index contributed by atoms with van der Waals surface area (Å²) in [7, 11) is 0. The highest BCUT2D eigenvalue weighted by molar-refractivity contribution is 6.36. The van der Waals surface area contributed by atoms with Crippen molar-refractivity contribution in [2.75, 3.05) is 0 Å². The van der Waals surface area contributed by atoms with Crippen LogP contribution in [-0.2, 0) is 22.6 Å². The molecule has 0 saturated heterocycles. The number of nitrogens with zero attached hydrogens (tertiary/aromatic N) is 1. The molecule has 2 aromatic carbocycles. The van der Waals surface area contributed by atoms with Crippen LogP contribution in [-0.4, -0.2) is 28.8 Å². The van der Waals surface area contributed by atoms with Gasteiger partial charge in [0, 0.05) is 28.2 Å². The fraction of sp³-hybridized carbons (Fsp3) is 0.462. The number of carbonyl (C=O) groups excluding carboxylic acids is 2. The minimum atomic E-state index is -0.637. The molecule has 32 heavy (non-hydrogen) atoms. The predicted molar refractivity (Wildman–Crippen MR) is 131 cm³/mol. The van der Waals surface area contributed by atoms with Crippen molar-refractivity contribution < 1.29 is 9.59 Å². The number of halogens is 2. The number of hydrogen-bond donors (Lipinski definition) is 1. The Bertz CT molecular complexity index is 950. The van der Waals surface area contributed by atoms with E-state index in [1.54, 1.807) is 30.0 Å². The summed E-state index contributed by atoms with van der Waals surface area (Å²) in [4.78, 5) is 28.2. The number of hydrogen-bond acceptors (Lipinski definition) is 2. The molecule has 2 amide bonds. The highest BCUT2D eigenvalue weighted by Crippen LogP contribution is 2.27. The summed E-state index contributed by atoms with van der Waals surface area (Å²) in [5.74, 6) is -0.254. The smallest absolute Gasteiger partial charge is 0.242 e. The van der Waals surface area contributed by atoms with E-state index in [1.807, 2.05) is 32.0 Å². The van der Waals surface area contributed by atoms with Crippen LogP contribution in [0.4, 0.5) is 0 Å². The van der Waals surface area contributed by atoms with Gasteiger partial charge < -0.3 is 10.2 Å². The van der Waals surface area contributed by atoms with E-state index in [9.17, 15) is 9.59 Å². The van der Waals surface area contributed by atoms with Crippen molar-refractivity contribution in [1.29, 1.82) is 0 Å². The van der Waals surface area contributed by atoms with Crippen molar-refractivity contribution in [1.82, 2.24) is 10.2 Å². The molecule has 1 aliphatic rings. The van der Waals surface area contributed by atoms with Crippen LogP contribution in [0.25, 0.3) is 0 Å². The lowest BCUT2D eigenvalue weighted by Gasteiger charge is -2.32. The lowest BCUT2D eigenvalue weighted by atomic mass is 9.95. The summed E-state index contributed by atoms with van der Waals surface area (Å²) in [6.07, 6.45) is 5.67. The molecule has 0 radical (unpaired) electrons. The molecule has 1 saturated carbocycles. The van der Waals surface area contributed by atoms with E-state index in [0.29, 0.717) is 15.6 Å². The summed E-state index contributed by atoms with van der Waals surface area (Å²) >= 11 is 12.8. The fourth-order valence-corrected chi connectivity index (χ4v) is 4.78. The van der Waals surface area contributed by atoms with Gasteiger partial charge in [0.15, 0.2) is 0 Å². The maximum absolute atomic E-state index is 13.5. The zero-order valence-electron chi connectivity index (χ0n) is 19.1. The standard InChI is InChI=1S/C26H32Cl2N2O2/c1-17-12-13-18(2)20(14-17)15-25(31)30(16-22-23(27)10-7-11-24(22)28)19(3)26(32)29-21-8-5-4-6-9-21/h7,10-14,19,21H,4-6,8-9,15-16H2,1-3H3,(H,29,32)/t19-/m1/s1. The zero-order chi connectivity index (χ0) is 23.3. The normalized spacial score (nSPS) is 15.3. The zero-order valence-corrected chi connectivity index (χ0v) is 20.6. The first-order valence-electron chi connectivity index (χ1n) is 11.3. The quantitative estimate of drug-likeness (QED) is 0.533. The van der Waals surface area contributed by atoms with Crippen LogP contribution in [0.3, 0.4) is 0 Å². The summed E-state index contributed by atoms with van der Waals surface area (Å²) in [6, 6.07) is 10.9. The minimum absolute atomic E-state index is 0.124. The lowest BCUT2D eigenvalue weighted by Crippen LogP contribution is -2.50. The second kappa shape index (κ2) is 11.2. The molecule has 172 valence electrons. The van der Waals surface area contributed by atoms with Crippen molar-refractivity contribution in [3.05, 3.63) is 68.7 Å². The molecular formula is C26H32Cl2N2O2. The molecular weight excluding hydrogens is 443 g/mol. The monoisotopic (exact) mass is 474 g/mol. The second-order valence-corrected chi connectivity index (χ2v) is 9.66. The molecule has 0 heterocycles. The molecule has 4 nitrogen and oxygen atoms in total. The number of aryl methyl sites for hydroxylation is 2. The van der Waals surface area contributed by atoms with Gasteiger partial charge in [-0.25, -0.2) is 0 Å². The average Bonchev–Trinajstić information content (AvgIpc) is 2.76. The second-order valence-electron chi connectivity index (χ2n) is 8.85. The topological polar surface area (TPSA) is 49.4 Å². The number of benzene rings is 2. The van der Waals surface area contributed by atoms with E-state index in [4.69, 9.17) is 23.2 Å². The van der Waals surface area contributed by atoms with Crippen molar-refractivity contribution in [3.8, 4) is 0 Å². The molecule has 3 rings (SSSR count). The van der Waals surface area contributed by atoms with Gasteiger partial charge in [-0.05, 0) is 56.9 Å². The Morgan fingerprint density at radius 3 is 2.38 bits per heavy atom. The molecule has 1 aliphatic carbocycles. The van der Waals surface area contributed by atoms with Gasteiger partial charge in [0.05, 0.1) is 6.42 Å². The van der Waals surface area contributed by atoms with Crippen molar-refractivity contribution in [2.24, 2.45) is 0 Å². The molecule has 0 unspecified atom stereocenters. The highest BCUT2D eigenvalue weighted by atomic mass is 35.5. The molecule has 6 heteroatoms. The SMILES string of the molecule is Cc1ccc(C)c(CC(=O)N(Cc2c(Cl)cccc2Cl)[C@H](C)C(=O)NC2CCCCC2)c1. The molecule has 0 aromatic heterocycles. The Morgan fingerprint density at radius 2 is 1.72 bits per heavy atom. The Morgan fingerprint density at radius 1 is 1.06 bits per heavy atom. The van der Waals surface area contributed by atoms with Crippen molar-refractivity contribution in [3.63, 3.8) is 0 Å². The Hall–Kier alpha value is -2.04. The summed E-state index contributed by atoms with van der Waals surface area (Å²) in [6.45, 7) is 5.97. The van der Waals surface area contributed by atoms with Crippen molar-refractivity contribution >= 4 is 35.0 Å². The van der Waals surface area contributed by atoms with Crippen molar-refractivity contribution in [2.45, 2.75) is 77.9 Å². The van der Waals surface area contributed by atoms with Gasteiger partial charge in [-0.1, -0.05) is 72.3 Å². The highest BCUT2D eigenvalue weighted by Gasteiger charge is 2.29. The summed E-state index contributed by atoms with van der Waals surface area (Å²) in [5.41, 5.74) is 3.77. The van der Waals surface area contributed by atoms with Crippen LogP contribution >= 0.6 is 23.2 Å². The van der Waals surface area contributed by atoms with E-state index in [2.05, 4.69) is 5.32 Å². The van der Waals surface area contributed by atoms with Gasteiger partial charge in [0.25, 0.3) is 0 Å². The summed E-state index contributed by atoms with van der Waals surface area (Å²) < 4.78 is 0. The molecule has 1 N–H and O–H groups in total. The summed E-state index contributed by atoms with van der Waals surface area (Å²) in [5, 5.41) is 4.13. The Balaban J connectivity index is 1.84. The van der Waals surface area contributed by atoms with E-state index in [-0.39, 0.29) is 30.8 Å². The van der Waals surface area contributed by atoms with Gasteiger partial charge in [0.2, 0.25) is 11.8 Å². The van der Waals surface area contributed by atoms with E-state index in [1.165, 1.54) is 6.42 Å². The van der Waals surface area contributed by atoms with Gasteiger partial charge in [-0.2, -0.15) is 0 Å². The van der Waals surface area contributed by atoms with Gasteiger partial charge >= 0.3 is 0 Å². The number of amides is 2. The Kier molecular flexibility index (Phi) is 8.61. The van der Waals surface area contributed by atoms with Crippen LogP contribution in [0.15, 0.2) is 36.4 Å². The predicted octanol–water partition coefficient (Wildman–Crippen LogP) is 6.02. The molecule has 0 aliphatic heterocycles. The van der Waals surface area contributed by atoms with Crippen LogP contribution in [0.2, 0.25) is 10.0 Å². The first-order valence-corrected chi connectivity index (χ1v) is 12.1. The molecule has 0 spiro atoms. The molecule has 1 fully saturated rings. The van der Waals surface area contributed by atoms with E-state index < -0.39 is 6.04 Å². The van der Waals surface area contributed by atoms with Crippen LogP contribution in [0.5, 0.6) is 0 Å². The van der Waals surface area contributed by atoms with E-state index >= 15 is 0 Å². The molecule has 0 bridgehead atoms. The largest absolute Gasteiger partial charge is 0.352 e. The van der Waals surface area contributed by atoms with Crippen LogP contribution < -0.4 is 5.32 Å². The maximum Gasteiger partial charge on any atom is 0.242 e. The lowest BCUT2D eigenvalue weighted by molar-refractivity contribution is -0.140. The van der Waals surface area contributed by atoms with E-state index in [0.717, 1.165) is 42.4 Å². The Labute approximate surface area is 201 Å². The van der Waals surface area contributed by atoms with Crippen LogP contribution in [0.1, 0.15) is 61.3 Å². The van der Waals surface area contributed by atoms with Gasteiger partial charge in [0.1, 0.15) is 6.04 Å². The fourth-order valence-electron chi connectivity index (χ4n) is 4.26. The molecule has 1 atom stereocenters. The third kappa shape index (κ3) is 6.26. The number of nitrogens with one attached hydrogen (secondary N) is 1. The average molecular weight is 475 g/mol. The van der Waals surface area contributed by atoms with Gasteiger partial charge in [-0.15, -0.1) is 0 Å². The van der Waals surface area contributed by atoms with Gasteiger partial charge in [-0.3, -0.25) is 9.59 Å². The maximum atomic E-state index is 13.5. The van der Waals surface area contributed by atoms with Crippen LogP contribution in [0, 0.1) is 13.8 Å². The third-order valence-corrected chi connectivity index (χ3v) is 7.06. The minimum Gasteiger partial charge on any atom is -0.352 e. The first kappa shape index (κ1) is 24.6. The number of rotatable bonds is 7. The number of carbonyl (C=O) groups is 2. The molecule has 2 aromatic rings.